The molecule has 1 rings (SSSR count). The molecule has 0 aliphatic carbocycles. The highest BCUT2D eigenvalue weighted by atomic mass is 32.2. The second-order valence-corrected chi connectivity index (χ2v) is 5.61. The van der Waals surface area contributed by atoms with E-state index in [1.54, 1.807) is 0 Å². The van der Waals surface area contributed by atoms with Crippen molar-refractivity contribution in [1.29, 1.82) is 0 Å². The van der Waals surface area contributed by atoms with Crippen molar-refractivity contribution < 1.29 is 39.5 Å². The largest absolute Gasteiger partial charge is 0.442 e. The predicted octanol–water partition coefficient (Wildman–Crippen LogP) is 5.72. The first-order valence-electron chi connectivity index (χ1n) is 5.48. The fourth-order valence-corrected chi connectivity index (χ4v) is 2.03. The van der Waals surface area contributed by atoms with Gasteiger partial charge in [0.25, 0.3) is 0 Å². The van der Waals surface area contributed by atoms with Crippen LogP contribution in [-0.2, 0) is 12.4 Å². The Hall–Kier alpha value is -1.17. The standard InChI is InChI=1S/C11H6F9NS2/c12-9(13,14)5-1-6(10(15,16)17)3-7(2-5)21-8(22)4-23-11(18,19)20/h1-3H,4H2,(H,21,22). The van der Waals surface area contributed by atoms with Gasteiger partial charge in [-0.3, -0.25) is 0 Å². The minimum atomic E-state index is -5.06. The van der Waals surface area contributed by atoms with Gasteiger partial charge in [0, 0.05) is 5.69 Å². The Kier molecular flexibility index (Phi) is 5.83. The Morgan fingerprint density at radius 3 is 1.65 bits per heavy atom. The van der Waals surface area contributed by atoms with Crippen LogP contribution in [0.25, 0.3) is 0 Å². The van der Waals surface area contributed by atoms with Crippen LogP contribution in [0.1, 0.15) is 11.1 Å². The summed E-state index contributed by atoms with van der Waals surface area (Å²) in [6.07, 6.45) is -10.1. The maximum atomic E-state index is 12.6. The molecule has 23 heavy (non-hydrogen) atoms. The smallest absolute Gasteiger partial charge is 0.349 e. The first kappa shape index (κ1) is 19.9. The number of benzene rings is 1. The summed E-state index contributed by atoms with van der Waals surface area (Å²) in [5.41, 5.74) is -8.52. The molecule has 0 saturated heterocycles. The Bertz CT molecular complexity index is 542. The van der Waals surface area contributed by atoms with E-state index in [2.05, 4.69) is 12.2 Å². The molecular weight excluding hydrogens is 381 g/mol. The Labute approximate surface area is 133 Å². The number of anilines is 1. The zero-order valence-electron chi connectivity index (χ0n) is 10.7. The number of hydrogen-bond acceptors (Lipinski definition) is 2. The molecule has 0 saturated carbocycles. The Balaban J connectivity index is 3.04. The van der Waals surface area contributed by atoms with E-state index in [0.717, 1.165) is 0 Å². The van der Waals surface area contributed by atoms with Crippen LogP contribution in [0.15, 0.2) is 18.2 Å². The summed E-state index contributed by atoms with van der Waals surface area (Å²) in [5, 5.41) is 1.95. The summed E-state index contributed by atoms with van der Waals surface area (Å²) in [7, 11) is 0. The zero-order valence-corrected chi connectivity index (χ0v) is 12.3. The highest BCUT2D eigenvalue weighted by Crippen LogP contribution is 2.37. The minimum Gasteiger partial charge on any atom is -0.349 e. The number of nitrogens with one attached hydrogen (secondary N) is 1. The van der Waals surface area contributed by atoms with E-state index in [0.29, 0.717) is 12.1 Å². The molecule has 1 nitrogen and oxygen atoms in total. The van der Waals surface area contributed by atoms with Crippen molar-refractivity contribution in [2.45, 2.75) is 17.9 Å². The molecule has 0 spiro atoms. The molecule has 0 radical (unpaired) electrons. The van der Waals surface area contributed by atoms with Crippen molar-refractivity contribution in [3.8, 4) is 0 Å². The molecule has 0 aromatic heterocycles. The van der Waals surface area contributed by atoms with Crippen molar-refractivity contribution in [3.63, 3.8) is 0 Å². The van der Waals surface area contributed by atoms with Gasteiger partial charge in [0.15, 0.2) is 0 Å². The number of alkyl halides is 9. The third kappa shape index (κ3) is 6.85. The lowest BCUT2D eigenvalue weighted by Gasteiger charge is -2.15. The van der Waals surface area contributed by atoms with Crippen LogP contribution in [0.3, 0.4) is 0 Å². The second kappa shape index (κ2) is 6.75. The first-order valence-corrected chi connectivity index (χ1v) is 6.88. The van der Waals surface area contributed by atoms with Gasteiger partial charge in [0.05, 0.1) is 21.9 Å². The van der Waals surface area contributed by atoms with Crippen LogP contribution in [0, 0.1) is 0 Å². The van der Waals surface area contributed by atoms with Crippen molar-refractivity contribution in [2.75, 3.05) is 11.1 Å². The Morgan fingerprint density at radius 1 is 0.870 bits per heavy atom. The van der Waals surface area contributed by atoms with Crippen LogP contribution >= 0.6 is 24.0 Å². The second-order valence-electron chi connectivity index (χ2n) is 4.08. The van der Waals surface area contributed by atoms with Crippen LogP contribution in [0.2, 0.25) is 0 Å². The van der Waals surface area contributed by atoms with Crippen LogP contribution in [-0.4, -0.2) is 16.2 Å². The molecule has 0 aliphatic rings. The minimum absolute atomic E-state index is 0.0985. The summed E-state index contributed by atoms with van der Waals surface area (Å²) < 4.78 is 112. The topological polar surface area (TPSA) is 12.0 Å². The lowest BCUT2D eigenvalue weighted by molar-refractivity contribution is -0.143. The van der Waals surface area contributed by atoms with Crippen LogP contribution in [0.5, 0.6) is 0 Å². The van der Waals surface area contributed by atoms with Crippen LogP contribution in [0.4, 0.5) is 45.2 Å². The molecule has 1 N–H and O–H groups in total. The average molecular weight is 387 g/mol. The van der Waals surface area contributed by atoms with Gasteiger partial charge in [-0.2, -0.15) is 39.5 Å². The third-order valence-corrected chi connectivity index (χ3v) is 3.43. The SMILES string of the molecule is FC(F)(F)SCC(=S)Nc1cc(C(F)(F)F)cc(C(F)(F)F)c1. The normalized spacial score (nSPS) is 13.1. The predicted molar refractivity (Wildman–Crippen MR) is 71.2 cm³/mol. The molecule has 0 unspecified atom stereocenters. The van der Waals surface area contributed by atoms with E-state index in [1.165, 1.54) is 0 Å². The fourth-order valence-electron chi connectivity index (χ4n) is 1.37. The van der Waals surface area contributed by atoms with Crippen molar-refractivity contribution in [2.24, 2.45) is 0 Å². The number of halogens is 9. The monoisotopic (exact) mass is 387 g/mol. The fraction of sp³-hybridized carbons (Fsp3) is 0.364. The van der Waals surface area contributed by atoms with E-state index >= 15 is 0 Å². The molecule has 1 aromatic rings. The summed E-state index contributed by atoms with van der Waals surface area (Å²) in [6, 6.07) is 0.568. The van der Waals surface area contributed by atoms with E-state index < -0.39 is 57.2 Å². The van der Waals surface area contributed by atoms with Crippen LogP contribution < -0.4 is 5.32 Å². The zero-order chi connectivity index (χ0) is 18.1. The van der Waals surface area contributed by atoms with Gasteiger partial charge < -0.3 is 5.32 Å². The molecule has 12 heteroatoms. The maximum Gasteiger partial charge on any atom is 0.442 e. The summed E-state index contributed by atoms with van der Waals surface area (Å²) in [6.45, 7) is 0. The molecule has 0 fully saturated rings. The van der Waals surface area contributed by atoms with E-state index in [4.69, 9.17) is 0 Å². The van der Waals surface area contributed by atoms with Gasteiger partial charge in [-0.1, -0.05) is 12.2 Å². The van der Waals surface area contributed by atoms with Crippen molar-refractivity contribution in [3.05, 3.63) is 29.3 Å². The van der Waals surface area contributed by atoms with E-state index in [9.17, 15) is 39.5 Å². The molecule has 1 aromatic carbocycles. The lowest BCUT2D eigenvalue weighted by atomic mass is 10.1. The van der Waals surface area contributed by atoms with Gasteiger partial charge >= 0.3 is 17.9 Å². The quantitative estimate of drug-likeness (QED) is 0.527. The lowest BCUT2D eigenvalue weighted by Crippen LogP contribution is -2.17. The molecule has 0 aliphatic heterocycles. The maximum absolute atomic E-state index is 12.6. The molecule has 130 valence electrons. The first-order chi connectivity index (χ1) is 10.2. The summed E-state index contributed by atoms with van der Waals surface area (Å²) in [5.74, 6) is -0.837. The molecule has 0 bridgehead atoms. The van der Waals surface area contributed by atoms with Gasteiger partial charge in [-0.15, -0.1) is 0 Å². The third-order valence-electron chi connectivity index (χ3n) is 2.24. The molecule has 0 amide bonds. The van der Waals surface area contributed by atoms with Crippen molar-refractivity contribution in [1.82, 2.24) is 0 Å². The highest BCUT2D eigenvalue weighted by molar-refractivity contribution is 8.01. The number of hydrogen-bond donors (Lipinski definition) is 1. The van der Waals surface area contributed by atoms with Gasteiger partial charge in [-0.25, -0.2) is 0 Å². The Morgan fingerprint density at radius 2 is 1.30 bits per heavy atom. The number of rotatable bonds is 3. The average Bonchev–Trinajstić information content (AvgIpc) is 2.33. The van der Waals surface area contributed by atoms with Gasteiger partial charge in [-0.05, 0) is 30.0 Å². The summed E-state index contributed by atoms with van der Waals surface area (Å²) in [4.78, 5) is -0.556. The molecule has 0 atom stereocenters. The number of thioether (sulfide) groups is 1. The number of thiocarbonyl (C=S) groups is 1. The highest BCUT2D eigenvalue weighted by Gasteiger charge is 2.37. The van der Waals surface area contributed by atoms with E-state index in [-0.39, 0.29) is 6.07 Å². The van der Waals surface area contributed by atoms with Gasteiger partial charge in [0.2, 0.25) is 0 Å². The van der Waals surface area contributed by atoms with Crippen molar-refractivity contribution >= 4 is 34.7 Å². The molecule has 0 heterocycles. The molecular formula is C11H6F9NS2. The van der Waals surface area contributed by atoms with Gasteiger partial charge in [0.1, 0.15) is 0 Å². The van der Waals surface area contributed by atoms with E-state index in [1.807, 2.05) is 5.32 Å². The summed E-state index contributed by atoms with van der Waals surface area (Å²) >= 11 is 3.92.